The Balaban J connectivity index is 1.86. The Labute approximate surface area is 158 Å². The molecule has 0 amide bonds. The van der Waals surface area contributed by atoms with Gasteiger partial charge in [0.1, 0.15) is 0 Å². The van der Waals surface area contributed by atoms with E-state index in [1.54, 1.807) is 6.07 Å². The molecule has 5 nitrogen and oxygen atoms in total. The maximum absolute atomic E-state index is 13.0. The highest BCUT2D eigenvalue weighted by atomic mass is 32.2. The standard InChI is InChI=1S/C19H30BNO4S/c1-14-11-12-15(20-24-18(2,3)19(4,5)25-20)13-17(14)26(22,23)21-16-9-7-6-8-10-16/h11-13,16,21H,6-10H2,1-5H3. The van der Waals surface area contributed by atoms with Crippen LogP contribution in [-0.2, 0) is 19.3 Å². The van der Waals surface area contributed by atoms with Crippen LogP contribution in [0.3, 0.4) is 0 Å². The molecule has 1 N–H and O–H groups in total. The molecule has 0 aromatic heterocycles. The normalized spacial score (nSPS) is 23.3. The smallest absolute Gasteiger partial charge is 0.399 e. The second kappa shape index (κ2) is 6.93. The number of nitrogens with one attached hydrogen (secondary N) is 1. The molecule has 1 heterocycles. The molecule has 1 saturated carbocycles. The Kier molecular flexibility index (Phi) is 5.30. The van der Waals surface area contributed by atoms with Gasteiger partial charge in [-0.05, 0) is 64.6 Å². The second-order valence-corrected chi connectivity index (χ2v) is 10.3. The van der Waals surface area contributed by atoms with Crippen LogP contribution in [0.2, 0.25) is 0 Å². The lowest BCUT2D eigenvalue weighted by molar-refractivity contribution is 0.00578. The highest BCUT2D eigenvalue weighted by molar-refractivity contribution is 7.89. The predicted octanol–water partition coefficient (Wildman–Crippen LogP) is 2.91. The lowest BCUT2D eigenvalue weighted by Crippen LogP contribution is -2.41. The van der Waals surface area contributed by atoms with E-state index in [0.717, 1.165) is 36.7 Å². The number of aryl methyl sites for hydroxylation is 1. The molecule has 1 aromatic rings. The van der Waals surface area contributed by atoms with E-state index in [9.17, 15) is 8.42 Å². The SMILES string of the molecule is Cc1ccc(B2OC(C)(C)C(C)(C)O2)cc1S(=O)(=O)NC1CCCCC1. The van der Waals surface area contributed by atoms with Gasteiger partial charge in [-0.3, -0.25) is 0 Å². The Hall–Kier alpha value is -0.885. The van der Waals surface area contributed by atoms with E-state index in [-0.39, 0.29) is 6.04 Å². The quantitative estimate of drug-likeness (QED) is 0.817. The average Bonchev–Trinajstić information content (AvgIpc) is 2.76. The Morgan fingerprint density at radius 3 is 2.19 bits per heavy atom. The summed E-state index contributed by atoms with van der Waals surface area (Å²) in [6, 6.07) is 5.45. The number of hydrogen-bond donors (Lipinski definition) is 1. The van der Waals surface area contributed by atoms with E-state index in [1.807, 2.05) is 46.8 Å². The molecule has 1 aliphatic carbocycles. The molecular formula is C19H30BNO4S. The first kappa shape index (κ1) is 19.9. The van der Waals surface area contributed by atoms with Crippen LogP contribution >= 0.6 is 0 Å². The molecule has 1 aromatic carbocycles. The largest absolute Gasteiger partial charge is 0.494 e. The summed E-state index contributed by atoms with van der Waals surface area (Å²) >= 11 is 0. The van der Waals surface area contributed by atoms with Gasteiger partial charge in [0.15, 0.2) is 0 Å². The Bertz CT molecular complexity index is 754. The molecule has 2 fully saturated rings. The van der Waals surface area contributed by atoms with E-state index in [2.05, 4.69) is 4.72 Å². The van der Waals surface area contributed by atoms with Crippen molar-refractivity contribution in [2.75, 3.05) is 0 Å². The molecule has 0 spiro atoms. The predicted molar refractivity (Wildman–Crippen MR) is 104 cm³/mol. The van der Waals surface area contributed by atoms with Crippen molar-refractivity contribution in [3.05, 3.63) is 23.8 Å². The molecule has 26 heavy (non-hydrogen) atoms. The van der Waals surface area contributed by atoms with Crippen LogP contribution in [0.25, 0.3) is 0 Å². The lowest BCUT2D eigenvalue weighted by atomic mass is 9.79. The molecule has 0 radical (unpaired) electrons. The molecular weight excluding hydrogens is 349 g/mol. The topological polar surface area (TPSA) is 64.6 Å². The van der Waals surface area contributed by atoms with Crippen molar-refractivity contribution in [1.82, 2.24) is 4.72 Å². The van der Waals surface area contributed by atoms with Gasteiger partial charge in [0.05, 0.1) is 16.1 Å². The number of sulfonamides is 1. The minimum absolute atomic E-state index is 0.0358. The summed E-state index contributed by atoms with van der Waals surface area (Å²) in [4.78, 5) is 0.315. The third-order valence-corrected chi connectivity index (χ3v) is 7.62. The van der Waals surface area contributed by atoms with Gasteiger partial charge in [-0.1, -0.05) is 31.4 Å². The summed E-state index contributed by atoms with van der Waals surface area (Å²) in [6.45, 7) is 9.78. The minimum atomic E-state index is -3.56. The van der Waals surface area contributed by atoms with Crippen LogP contribution in [0, 0.1) is 6.92 Å². The third-order valence-electron chi connectivity index (χ3n) is 5.95. The third kappa shape index (κ3) is 3.86. The average molecular weight is 379 g/mol. The van der Waals surface area contributed by atoms with Gasteiger partial charge >= 0.3 is 7.12 Å². The fourth-order valence-corrected chi connectivity index (χ4v) is 5.12. The number of rotatable bonds is 4. The van der Waals surface area contributed by atoms with Crippen molar-refractivity contribution in [2.24, 2.45) is 0 Å². The van der Waals surface area contributed by atoms with Gasteiger partial charge in [-0.2, -0.15) is 0 Å². The van der Waals surface area contributed by atoms with Crippen molar-refractivity contribution in [2.45, 2.75) is 88.9 Å². The van der Waals surface area contributed by atoms with E-state index in [1.165, 1.54) is 6.42 Å². The monoisotopic (exact) mass is 379 g/mol. The maximum atomic E-state index is 13.0. The highest BCUT2D eigenvalue weighted by Crippen LogP contribution is 2.36. The van der Waals surface area contributed by atoms with Gasteiger partial charge in [0.25, 0.3) is 0 Å². The first-order valence-corrected chi connectivity index (χ1v) is 11.0. The first-order valence-electron chi connectivity index (χ1n) is 9.50. The summed E-state index contributed by atoms with van der Waals surface area (Å²) in [5.41, 5.74) is 0.552. The maximum Gasteiger partial charge on any atom is 0.494 e. The van der Waals surface area contributed by atoms with Gasteiger partial charge < -0.3 is 9.31 Å². The number of hydrogen-bond acceptors (Lipinski definition) is 4. The Morgan fingerprint density at radius 2 is 1.62 bits per heavy atom. The molecule has 1 saturated heterocycles. The van der Waals surface area contributed by atoms with Crippen LogP contribution < -0.4 is 10.2 Å². The van der Waals surface area contributed by atoms with Crippen LogP contribution in [0.15, 0.2) is 23.1 Å². The zero-order valence-corrected chi connectivity index (χ0v) is 17.3. The zero-order valence-electron chi connectivity index (χ0n) is 16.5. The molecule has 144 valence electrons. The van der Waals surface area contributed by atoms with E-state index < -0.39 is 28.3 Å². The first-order chi connectivity index (χ1) is 12.0. The molecule has 1 aliphatic heterocycles. The summed E-state index contributed by atoms with van der Waals surface area (Å²) in [5.74, 6) is 0. The summed E-state index contributed by atoms with van der Waals surface area (Å²) < 4.78 is 40.9. The molecule has 0 atom stereocenters. The zero-order chi connectivity index (χ0) is 19.2. The summed E-state index contributed by atoms with van der Waals surface area (Å²) in [5, 5.41) is 0. The molecule has 0 unspecified atom stereocenters. The fourth-order valence-electron chi connectivity index (χ4n) is 3.54. The molecule has 3 rings (SSSR count). The fraction of sp³-hybridized carbons (Fsp3) is 0.684. The van der Waals surface area contributed by atoms with Crippen LogP contribution in [0.5, 0.6) is 0 Å². The minimum Gasteiger partial charge on any atom is -0.399 e. The van der Waals surface area contributed by atoms with Crippen molar-refractivity contribution < 1.29 is 17.7 Å². The van der Waals surface area contributed by atoms with Crippen molar-refractivity contribution in [3.8, 4) is 0 Å². The van der Waals surface area contributed by atoms with Crippen LogP contribution in [0.4, 0.5) is 0 Å². The van der Waals surface area contributed by atoms with Gasteiger partial charge in [-0.25, -0.2) is 13.1 Å². The van der Waals surface area contributed by atoms with Gasteiger partial charge in [-0.15, -0.1) is 0 Å². The number of benzene rings is 1. The van der Waals surface area contributed by atoms with Crippen molar-refractivity contribution >= 4 is 22.6 Å². The lowest BCUT2D eigenvalue weighted by Gasteiger charge is -2.32. The summed E-state index contributed by atoms with van der Waals surface area (Å²) in [7, 11) is -4.13. The van der Waals surface area contributed by atoms with Crippen LogP contribution in [0.1, 0.15) is 65.4 Å². The Morgan fingerprint density at radius 1 is 1.04 bits per heavy atom. The molecule has 2 aliphatic rings. The molecule has 0 bridgehead atoms. The van der Waals surface area contributed by atoms with Crippen LogP contribution in [-0.4, -0.2) is 32.8 Å². The van der Waals surface area contributed by atoms with Crippen molar-refractivity contribution in [3.63, 3.8) is 0 Å². The van der Waals surface area contributed by atoms with Gasteiger partial charge in [0.2, 0.25) is 10.0 Å². The second-order valence-electron chi connectivity index (χ2n) is 8.57. The highest BCUT2D eigenvalue weighted by Gasteiger charge is 2.51. The van der Waals surface area contributed by atoms with Gasteiger partial charge in [0, 0.05) is 6.04 Å². The van der Waals surface area contributed by atoms with E-state index in [0.29, 0.717) is 4.90 Å². The van der Waals surface area contributed by atoms with E-state index in [4.69, 9.17) is 9.31 Å². The summed E-state index contributed by atoms with van der Waals surface area (Å²) in [6.07, 6.45) is 5.18. The molecule has 7 heteroatoms. The van der Waals surface area contributed by atoms with E-state index >= 15 is 0 Å². The van der Waals surface area contributed by atoms with Crippen molar-refractivity contribution in [1.29, 1.82) is 0 Å².